The second-order valence-electron chi connectivity index (χ2n) is 8.49. The zero-order valence-corrected chi connectivity index (χ0v) is 20.9. The van der Waals surface area contributed by atoms with Crippen LogP contribution in [-0.2, 0) is 4.79 Å². The smallest absolute Gasteiger partial charge is 0.236 e. The highest BCUT2D eigenvalue weighted by molar-refractivity contribution is 7.80. The Bertz CT molecular complexity index is 1280. The Hall–Kier alpha value is -3.49. The summed E-state index contributed by atoms with van der Waals surface area (Å²) in [4.78, 5) is 15.7. The molecule has 2 aliphatic rings. The predicted molar refractivity (Wildman–Crippen MR) is 140 cm³/mol. The molecule has 35 heavy (non-hydrogen) atoms. The van der Waals surface area contributed by atoms with E-state index >= 15 is 0 Å². The molecule has 0 unspecified atom stereocenters. The van der Waals surface area contributed by atoms with Crippen LogP contribution in [0.25, 0.3) is 0 Å². The van der Waals surface area contributed by atoms with Crippen LogP contribution in [-0.4, -0.2) is 31.0 Å². The molecule has 2 aliphatic heterocycles. The molecule has 1 saturated heterocycles. The number of benzene rings is 3. The maximum absolute atomic E-state index is 13.9. The first kappa shape index (κ1) is 23.3. The number of ether oxygens (including phenoxy) is 3. The van der Waals surface area contributed by atoms with Gasteiger partial charge in [0, 0.05) is 22.0 Å². The molecule has 7 nitrogen and oxygen atoms in total. The van der Waals surface area contributed by atoms with E-state index in [0.717, 1.165) is 11.3 Å². The lowest BCUT2D eigenvalue weighted by Gasteiger charge is -2.56. The second kappa shape index (κ2) is 8.94. The molecule has 2 heterocycles. The van der Waals surface area contributed by atoms with Gasteiger partial charge in [0.15, 0.2) is 10.8 Å². The normalized spacial score (nSPS) is 22.4. The van der Waals surface area contributed by atoms with Crippen molar-refractivity contribution in [1.29, 1.82) is 0 Å². The van der Waals surface area contributed by atoms with Crippen LogP contribution in [0.1, 0.15) is 18.5 Å². The third-order valence-electron chi connectivity index (χ3n) is 6.43. The summed E-state index contributed by atoms with van der Waals surface area (Å²) >= 11 is 11.9. The summed E-state index contributed by atoms with van der Waals surface area (Å²) < 4.78 is 17.3. The van der Waals surface area contributed by atoms with Crippen molar-refractivity contribution in [2.24, 2.45) is 5.92 Å². The molecule has 1 fully saturated rings. The summed E-state index contributed by atoms with van der Waals surface area (Å²) in [7, 11) is 3.20. The molecule has 0 saturated carbocycles. The fraction of sp³-hybridized carbons (Fsp3) is 0.231. The zero-order valence-electron chi connectivity index (χ0n) is 19.4. The van der Waals surface area contributed by atoms with E-state index in [1.165, 1.54) is 0 Å². The fourth-order valence-corrected chi connectivity index (χ4v) is 5.30. The van der Waals surface area contributed by atoms with Crippen molar-refractivity contribution in [3.8, 4) is 17.2 Å². The fourth-order valence-electron chi connectivity index (χ4n) is 4.76. The van der Waals surface area contributed by atoms with Crippen LogP contribution in [0.3, 0.4) is 0 Å². The molecule has 2 N–H and O–H groups in total. The van der Waals surface area contributed by atoms with Crippen molar-refractivity contribution >= 4 is 46.2 Å². The van der Waals surface area contributed by atoms with Gasteiger partial charge in [-0.3, -0.25) is 9.69 Å². The minimum Gasteiger partial charge on any atom is -0.497 e. The Morgan fingerprint density at radius 1 is 1.06 bits per heavy atom. The highest BCUT2D eigenvalue weighted by atomic mass is 35.5. The molecule has 9 heteroatoms. The summed E-state index contributed by atoms with van der Waals surface area (Å²) in [5.41, 5.74) is 1.08. The average Bonchev–Trinajstić information content (AvgIpc) is 2.85. The molecule has 5 rings (SSSR count). The van der Waals surface area contributed by atoms with Gasteiger partial charge >= 0.3 is 0 Å². The number of anilines is 2. The van der Waals surface area contributed by atoms with E-state index in [9.17, 15) is 4.79 Å². The monoisotopic (exact) mass is 509 g/mol. The number of methoxy groups -OCH3 is 2. The van der Waals surface area contributed by atoms with E-state index in [1.54, 1.807) is 50.6 Å². The standard InChI is InChI=1S/C26H24ClN3O4S/c1-26-22(24(31)28-16-6-10-18(32-2)11-7-16)23(20-14-19(33-3)12-13-21(20)34-26)29-25(35)30(26)17-8-4-15(27)5-9-17/h4-14,22-23H,1-3H3,(H,28,31)(H,29,35)/t22-,23-,26-/m0/s1. The Morgan fingerprint density at radius 3 is 2.37 bits per heavy atom. The number of nitrogens with one attached hydrogen (secondary N) is 2. The van der Waals surface area contributed by atoms with E-state index in [1.807, 2.05) is 42.2 Å². The second-order valence-corrected chi connectivity index (χ2v) is 9.32. The highest BCUT2D eigenvalue weighted by Crippen LogP contribution is 2.50. The minimum absolute atomic E-state index is 0.217. The molecule has 0 radical (unpaired) electrons. The van der Waals surface area contributed by atoms with Gasteiger partial charge < -0.3 is 24.8 Å². The predicted octanol–water partition coefficient (Wildman–Crippen LogP) is 5.16. The number of hydrogen-bond acceptors (Lipinski definition) is 5. The number of rotatable bonds is 5. The maximum Gasteiger partial charge on any atom is 0.236 e. The van der Waals surface area contributed by atoms with Crippen molar-refractivity contribution in [2.45, 2.75) is 18.7 Å². The summed E-state index contributed by atoms with van der Waals surface area (Å²) in [5.74, 6) is 1.13. The maximum atomic E-state index is 13.9. The molecule has 2 bridgehead atoms. The largest absolute Gasteiger partial charge is 0.497 e. The average molecular weight is 510 g/mol. The van der Waals surface area contributed by atoms with Crippen LogP contribution < -0.4 is 29.7 Å². The topological polar surface area (TPSA) is 72.1 Å². The van der Waals surface area contributed by atoms with Crippen molar-refractivity contribution in [3.63, 3.8) is 0 Å². The van der Waals surface area contributed by atoms with Gasteiger partial charge in [-0.2, -0.15) is 0 Å². The molecule has 180 valence electrons. The van der Waals surface area contributed by atoms with Crippen LogP contribution in [0.2, 0.25) is 5.02 Å². The van der Waals surface area contributed by atoms with E-state index in [0.29, 0.717) is 33.1 Å². The third kappa shape index (κ3) is 4.02. The lowest BCUT2D eigenvalue weighted by molar-refractivity contribution is -0.130. The Morgan fingerprint density at radius 2 is 1.71 bits per heavy atom. The van der Waals surface area contributed by atoms with Gasteiger partial charge in [0.25, 0.3) is 0 Å². The Balaban J connectivity index is 1.60. The van der Waals surface area contributed by atoms with E-state index in [-0.39, 0.29) is 5.91 Å². The van der Waals surface area contributed by atoms with Gasteiger partial charge in [0.2, 0.25) is 5.91 Å². The SMILES string of the molecule is COc1ccc(NC(=O)[C@@H]2[C@H]3NC(=S)N(c4ccc(Cl)cc4)[C@@]2(C)Oc2ccc(OC)cc23)cc1. The van der Waals surface area contributed by atoms with E-state index < -0.39 is 17.7 Å². The van der Waals surface area contributed by atoms with Crippen LogP contribution in [0.5, 0.6) is 17.2 Å². The van der Waals surface area contributed by atoms with Crippen molar-refractivity contribution in [3.05, 3.63) is 77.3 Å². The number of thiocarbonyl (C=S) groups is 1. The van der Waals surface area contributed by atoms with Crippen LogP contribution >= 0.6 is 23.8 Å². The van der Waals surface area contributed by atoms with E-state index in [2.05, 4.69) is 10.6 Å². The molecule has 3 aromatic carbocycles. The summed E-state index contributed by atoms with van der Waals surface area (Å²) in [6.07, 6.45) is 0. The number of carbonyl (C=O) groups excluding carboxylic acids is 1. The summed E-state index contributed by atoms with van der Waals surface area (Å²) in [6, 6.07) is 19.6. The number of fused-ring (bicyclic) bond motifs is 4. The first-order chi connectivity index (χ1) is 16.8. The molecular formula is C26H24ClN3O4S. The van der Waals surface area contributed by atoms with Gasteiger partial charge in [-0.25, -0.2) is 0 Å². The summed E-state index contributed by atoms with van der Waals surface area (Å²) in [5, 5.41) is 7.47. The van der Waals surface area contributed by atoms with Crippen LogP contribution in [0.4, 0.5) is 11.4 Å². The number of carbonyl (C=O) groups is 1. The van der Waals surface area contributed by atoms with Gasteiger partial charge in [0.05, 0.1) is 20.3 Å². The first-order valence-corrected chi connectivity index (χ1v) is 11.8. The molecule has 0 aromatic heterocycles. The lowest BCUT2D eigenvalue weighted by atomic mass is 9.78. The zero-order chi connectivity index (χ0) is 24.7. The minimum atomic E-state index is -1.13. The number of halogens is 1. The molecule has 0 spiro atoms. The first-order valence-electron chi connectivity index (χ1n) is 11.0. The van der Waals surface area contributed by atoms with E-state index in [4.69, 9.17) is 38.0 Å². The third-order valence-corrected chi connectivity index (χ3v) is 6.98. The molecule has 0 aliphatic carbocycles. The summed E-state index contributed by atoms with van der Waals surface area (Å²) in [6.45, 7) is 1.88. The van der Waals surface area contributed by atoms with Crippen molar-refractivity contribution in [2.75, 3.05) is 24.4 Å². The van der Waals surface area contributed by atoms with Gasteiger partial charge in [-0.1, -0.05) is 11.6 Å². The Kier molecular flexibility index (Phi) is 5.94. The molecule has 3 atom stereocenters. The van der Waals surface area contributed by atoms with Gasteiger partial charge in [-0.15, -0.1) is 0 Å². The van der Waals surface area contributed by atoms with Crippen molar-refractivity contribution in [1.82, 2.24) is 5.32 Å². The number of amides is 1. The molecule has 1 amide bonds. The number of hydrogen-bond donors (Lipinski definition) is 2. The molecule has 3 aromatic rings. The quantitative estimate of drug-likeness (QED) is 0.460. The van der Waals surface area contributed by atoms with Crippen molar-refractivity contribution < 1.29 is 19.0 Å². The van der Waals surface area contributed by atoms with Gasteiger partial charge in [-0.05, 0) is 85.9 Å². The Labute approximate surface area is 213 Å². The van der Waals surface area contributed by atoms with Crippen LogP contribution in [0.15, 0.2) is 66.7 Å². The van der Waals surface area contributed by atoms with Crippen LogP contribution in [0, 0.1) is 5.92 Å². The highest BCUT2D eigenvalue weighted by Gasteiger charge is 2.59. The molecular weight excluding hydrogens is 486 g/mol. The lowest BCUT2D eigenvalue weighted by Crippen LogP contribution is -2.72. The number of nitrogens with zero attached hydrogens (tertiary/aromatic N) is 1. The van der Waals surface area contributed by atoms with Gasteiger partial charge in [0.1, 0.15) is 23.2 Å².